The van der Waals surface area contributed by atoms with Crippen molar-refractivity contribution in [1.29, 1.82) is 0 Å². The average molecular weight is 275 g/mol. The van der Waals surface area contributed by atoms with Crippen molar-refractivity contribution in [3.8, 4) is 0 Å². The predicted octanol–water partition coefficient (Wildman–Crippen LogP) is 3.79. The lowest BCUT2D eigenvalue weighted by atomic mass is 10.1. The van der Waals surface area contributed by atoms with Gasteiger partial charge in [-0.05, 0) is 49.2 Å². The summed E-state index contributed by atoms with van der Waals surface area (Å²) in [7, 11) is 0. The number of amides is 1. The number of nitrogens with two attached hydrogens (primary N) is 1. The molecule has 0 atom stereocenters. The van der Waals surface area contributed by atoms with Gasteiger partial charge < -0.3 is 11.1 Å². The Morgan fingerprint density at radius 1 is 1.16 bits per heavy atom. The van der Waals surface area contributed by atoms with Crippen molar-refractivity contribution in [3.63, 3.8) is 0 Å². The van der Waals surface area contributed by atoms with Gasteiger partial charge >= 0.3 is 0 Å². The lowest BCUT2D eigenvalue weighted by Crippen LogP contribution is -2.14. The standard InChI is InChI=1S/C15H15ClN2O/c1-9-6-10(2)8-11(7-9)18-15(19)12-4-3-5-13(16)14(12)17/h3-8H,17H2,1-2H3,(H,18,19). The fraction of sp³-hybridized carbons (Fsp3) is 0.133. The van der Waals surface area contributed by atoms with Crippen LogP contribution in [0.2, 0.25) is 5.02 Å². The molecule has 0 aliphatic carbocycles. The Balaban J connectivity index is 2.28. The van der Waals surface area contributed by atoms with Gasteiger partial charge in [0.25, 0.3) is 5.91 Å². The normalized spacial score (nSPS) is 10.3. The minimum absolute atomic E-state index is 0.259. The number of carbonyl (C=O) groups is 1. The van der Waals surface area contributed by atoms with Crippen molar-refractivity contribution in [3.05, 3.63) is 58.1 Å². The second kappa shape index (κ2) is 5.33. The summed E-state index contributed by atoms with van der Waals surface area (Å²) in [4.78, 5) is 12.2. The Bertz CT molecular complexity index is 618. The molecule has 0 saturated heterocycles. The van der Waals surface area contributed by atoms with Crippen LogP contribution in [0.1, 0.15) is 21.5 Å². The molecule has 2 rings (SSSR count). The van der Waals surface area contributed by atoms with E-state index in [9.17, 15) is 4.79 Å². The quantitative estimate of drug-likeness (QED) is 0.819. The first-order valence-corrected chi connectivity index (χ1v) is 6.29. The van der Waals surface area contributed by atoms with Crippen molar-refractivity contribution in [2.45, 2.75) is 13.8 Å². The summed E-state index contributed by atoms with van der Waals surface area (Å²) in [6.07, 6.45) is 0. The number of benzene rings is 2. The molecule has 0 spiro atoms. The smallest absolute Gasteiger partial charge is 0.257 e. The minimum Gasteiger partial charge on any atom is -0.397 e. The van der Waals surface area contributed by atoms with Crippen LogP contribution < -0.4 is 11.1 Å². The van der Waals surface area contributed by atoms with E-state index in [1.54, 1.807) is 18.2 Å². The van der Waals surface area contributed by atoms with Crippen LogP contribution in [0.3, 0.4) is 0 Å². The number of hydrogen-bond acceptors (Lipinski definition) is 2. The maximum atomic E-state index is 12.2. The van der Waals surface area contributed by atoms with E-state index in [1.807, 2.05) is 32.0 Å². The van der Waals surface area contributed by atoms with Crippen LogP contribution in [-0.4, -0.2) is 5.91 Å². The molecule has 4 heteroatoms. The molecule has 0 unspecified atom stereocenters. The van der Waals surface area contributed by atoms with Crippen LogP contribution in [-0.2, 0) is 0 Å². The van der Waals surface area contributed by atoms with Crippen LogP contribution in [0.5, 0.6) is 0 Å². The highest BCUT2D eigenvalue weighted by molar-refractivity contribution is 6.34. The van der Waals surface area contributed by atoms with Gasteiger partial charge in [0.05, 0.1) is 16.3 Å². The lowest BCUT2D eigenvalue weighted by Gasteiger charge is -2.10. The summed E-state index contributed by atoms with van der Waals surface area (Å²) < 4.78 is 0. The zero-order valence-corrected chi connectivity index (χ0v) is 11.6. The third-order valence-electron chi connectivity index (χ3n) is 2.78. The van der Waals surface area contributed by atoms with E-state index in [1.165, 1.54) is 0 Å². The molecule has 3 nitrogen and oxygen atoms in total. The SMILES string of the molecule is Cc1cc(C)cc(NC(=O)c2cccc(Cl)c2N)c1. The van der Waals surface area contributed by atoms with E-state index in [2.05, 4.69) is 5.32 Å². The monoisotopic (exact) mass is 274 g/mol. The summed E-state index contributed by atoms with van der Waals surface area (Å²) in [5.41, 5.74) is 9.42. The molecule has 0 aromatic heterocycles. The maximum Gasteiger partial charge on any atom is 0.257 e. The summed E-state index contributed by atoms with van der Waals surface area (Å²) in [6.45, 7) is 3.97. The Labute approximate surface area is 117 Å². The van der Waals surface area contributed by atoms with Crippen molar-refractivity contribution < 1.29 is 4.79 Å². The van der Waals surface area contributed by atoms with E-state index in [4.69, 9.17) is 17.3 Å². The third kappa shape index (κ3) is 3.06. The highest BCUT2D eigenvalue weighted by Crippen LogP contribution is 2.23. The molecule has 2 aromatic rings. The first-order chi connectivity index (χ1) is 8.97. The first-order valence-electron chi connectivity index (χ1n) is 5.91. The molecular weight excluding hydrogens is 260 g/mol. The van der Waals surface area contributed by atoms with Crippen LogP contribution in [0.4, 0.5) is 11.4 Å². The molecule has 1 amide bonds. The van der Waals surface area contributed by atoms with Gasteiger partial charge in [-0.1, -0.05) is 23.7 Å². The van der Waals surface area contributed by atoms with Gasteiger partial charge in [-0.15, -0.1) is 0 Å². The fourth-order valence-corrected chi connectivity index (χ4v) is 2.15. The summed E-state index contributed by atoms with van der Waals surface area (Å²) in [5, 5.41) is 3.21. The third-order valence-corrected chi connectivity index (χ3v) is 3.11. The van der Waals surface area contributed by atoms with E-state index in [-0.39, 0.29) is 5.91 Å². The Morgan fingerprint density at radius 2 is 1.79 bits per heavy atom. The van der Waals surface area contributed by atoms with Gasteiger partial charge in [-0.2, -0.15) is 0 Å². The van der Waals surface area contributed by atoms with Crippen molar-refractivity contribution in [1.82, 2.24) is 0 Å². The Hall–Kier alpha value is -2.00. The number of carbonyl (C=O) groups excluding carboxylic acids is 1. The molecule has 3 N–H and O–H groups in total. The lowest BCUT2D eigenvalue weighted by molar-refractivity contribution is 0.102. The second-order valence-corrected chi connectivity index (χ2v) is 4.94. The molecule has 19 heavy (non-hydrogen) atoms. The van der Waals surface area contributed by atoms with Crippen molar-refractivity contribution in [2.75, 3.05) is 11.1 Å². The molecule has 0 fully saturated rings. The Morgan fingerprint density at radius 3 is 2.42 bits per heavy atom. The van der Waals surface area contributed by atoms with Gasteiger partial charge in [-0.25, -0.2) is 0 Å². The second-order valence-electron chi connectivity index (χ2n) is 4.53. The number of rotatable bonds is 2. The summed E-state index contributed by atoms with van der Waals surface area (Å²) in [6, 6.07) is 10.9. The minimum atomic E-state index is -0.259. The number of anilines is 2. The number of nitrogens with one attached hydrogen (secondary N) is 1. The predicted molar refractivity (Wildman–Crippen MR) is 79.7 cm³/mol. The maximum absolute atomic E-state index is 12.2. The zero-order chi connectivity index (χ0) is 14.0. The van der Waals surface area contributed by atoms with Crippen molar-refractivity contribution >= 4 is 28.9 Å². The topological polar surface area (TPSA) is 55.1 Å². The number of para-hydroxylation sites is 1. The number of hydrogen-bond donors (Lipinski definition) is 2. The highest BCUT2D eigenvalue weighted by Gasteiger charge is 2.12. The highest BCUT2D eigenvalue weighted by atomic mass is 35.5. The van der Waals surface area contributed by atoms with Crippen LogP contribution in [0.15, 0.2) is 36.4 Å². The first kappa shape index (κ1) is 13.4. The number of halogens is 1. The summed E-state index contributed by atoms with van der Waals surface area (Å²) >= 11 is 5.91. The molecular formula is C15H15ClN2O. The van der Waals surface area contributed by atoms with Gasteiger partial charge in [0.2, 0.25) is 0 Å². The van der Waals surface area contributed by atoms with Gasteiger partial charge in [0.15, 0.2) is 0 Å². The van der Waals surface area contributed by atoms with E-state index < -0.39 is 0 Å². The molecule has 2 aromatic carbocycles. The molecule has 0 saturated carbocycles. The molecule has 98 valence electrons. The zero-order valence-electron chi connectivity index (χ0n) is 10.8. The summed E-state index contributed by atoms with van der Waals surface area (Å²) in [5.74, 6) is -0.259. The molecule has 0 aliphatic rings. The van der Waals surface area contributed by atoms with E-state index in [0.29, 0.717) is 16.3 Å². The average Bonchev–Trinajstić information content (AvgIpc) is 2.31. The van der Waals surface area contributed by atoms with E-state index in [0.717, 1.165) is 16.8 Å². The molecule has 0 aliphatic heterocycles. The van der Waals surface area contributed by atoms with Crippen LogP contribution in [0, 0.1) is 13.8 Å². The number of nitrogen functional groups attached to an aromatic ring is 1. The van der Waals surface area contributed by atoms with Crippen LogP contribution in [0.25, 0.3) is 0 Å². The number of aryl methyl sites for hydroxylation is 2. The largest absolute Gasteiger partial charge is 0.397 e. The van der Waals surface area contributed by atoms with Crippen LogP contribution >= 0.6 is 11.6 Å². The molecule has 0 heterocycles. The molecule has 0 radical (unpaired) electrons. The van der Waals surface area contributed by atoms with Gasteiger partial charge in [0.1, 0.15) is 0 Å². The fourth-order valence-electron chi connectivity index (χ4n) is 1.98. The molecule has 0 bridgehead atoms. The van der Waals surface area contributed by atoms with Gasteiger partial charge in [-0.3, -0.25) is 4.79 Å². The van der Waals surface area contributed by atoms with E-state index >= 15 is 0 Å². The van der Waals surface area contributed by atoms with Gasteiger partial charge in [0, 0.05) is 5.69 Å². The van der Waals surface area contributed by atoms with Crippen molar-refractivity contribution in [2.24, 2.45) is 0 Å². The Kier molecular flexibility index (Phi) is 3.76.